The third-order valence-electron chi connectivity index (χ3n) is 2.61. The van der Waals surface area contributed by atoms with Crippen LogP contribution in [-0.2, 0) is 4.79 Å². The van der Waals surface area contributed by atoms with Crippen molar-refractivity contribution in [3.63, 3.8) is 0 Å². The molecule has 20 heavy (non-hydrogen) atoms. The summed E-state index contributed by atoms with van der Waals surface area (Å²) >= 11 is 0. The van der Waals surface area contributed by atoms with Gasteiger partial charge in [0.2, 0.25) is 0 Å². The van der Waals surface area contributed by atoms with Crippen LogP contribution in [0.2, 0.25) is 0 Å². The summed E-state index contributed by atoms with van der Waals surface area (Å²) in [5.41, 5.74) is 0.172. The zero-order valence-corrected chi connectivity index (χ0v) is 10.8. The van der Waals surface area contributed by atoms with Gasteiger partial charge in [0.05, 0.1) is 5.92 Å². The van der Waals surface area contributed by atoms with Gasteiger partial charge in [-0.3, -0.25) is 9.59 Å². The molecule has 0 heterocycles. The highest BCUT2D eigenvalue weighted by molar-refractivity contribution is 5.94. The summed E-state index contributed by atoms with van der Waals surface area (Å²) in [6.07, 6.45) is 0.286. The van der Waals surface area contributed by atoms with E-state index in [1.54, 1.807) is 0 Å². The number of carbonyl (C=O) groups excluding carboxylic acids is 1. The molecule has 0 aliphatic carbocycles. The molecule has 0 aromatic heterocycles. The van der Waals surface area contributed by atoms with Crippen molar-refractivity contribution in [1.82, 2.24) is 5.32 Å². The molecule has 1 aromatic carbocycles. The lowest BCUT2D eigenvalue weighted by Gasteiger charge is -2.09. The van der Waals surface area contributed by atoms with Gasteiger partial charge in [0.1, 0.15) is 5.75 Å². The highest BCUT2D eigenvalue weighted by atomic mass is 19.3. The van der Waals surface area contributed by atoms with Gasteiger partial charge in [-0.15, -0.1) is 0 Å². The predicted octanol–water partition coefficient (Wildman–Crippen LogP) is 2.13. The average molecular weight is 287 g/mol. The number of carboxylic acid groups (broad SMARTS) is 1. The summed E-state index contributed by atoms with van der Waals surface area (Å²) in [7, 11) is 0. The second-order valence-electron chi connectivity index (χ2n) is 4.19. The van der Waals surface area contributed by atoms with E-state index in [1.807, 2.05) is 0 Å². The number of benzene rings is 1. The maximum absolute atomic E-state index is 12.0. The van der Waals surface area contributed by atoms with Crippen LogP contribution in [0, 0.1) is 5.92 Å². The Morgan fingerprint density at radius 1 is 1.40 bits per heavy atom. The molecule has 110 valence electrons. The fourth-order valence-corrected chi connectivity index (χ4v) is 1.44. The molecule has 0 saturated carbocycles. The van der Waals surface area contributed by atoms with Crippen LogP contribution < -0.4 is 10.1 Å². The highest BCUT2D eigenvalue weighted by Gasteiger charge is 2.12. The number of carbonyl (C=O) groups is 2. The number of carboxylic acids is 1. The molecule has 0 saturated heterocycles. The maximum Gasteiger partial charge on any atom is 0.387 e. The van der Waals surface area contributed by atoms with E-state index in [0.717, 1.165) is 0 Å². The van der Waals surface area contributed by atoms with Crippen LogP contribution in [0.1, 0.15) is 23.7 Å². The van der Waals surface area contributed by atoms with Crippen LogP contribution in [0.25, 0.3) is 0 Å². The Kier molecular flexibility index (Phi) is 5.89. The Labute approximate surface area is 114 Å². The Morgan fingerprint density at radius 2 is 2.10 bits per heavy atom. The smallest absolute Gasteiger partial charge is 0.387 e. The predicted molar refractivity (Wildman–Crippen MR) is 66.8 cm³/mol. The van der Waals surface area contributed by atoms with E-state index in [-0.39, 0.29) is 24.3 Å². The van der Waals surface area contributed by atoms with E-state index in [1.165, 1.54) is 31.2 Å². The van der Waals surface area contributed by atoms with Crippen LogP contribution in [-0.4, -0.2) is 30.1 Å². The number of amides is 1. The molecule has 0 fully saturated rings. The molecule has 5 nitrogen and oxygen atoms in total. The van der Waals surface area contributed by atoms with Crippen LogP contribution >= 0.6 is 0 Å². The van der Waals surface area contributed by atoms with Crippen molar-refractivity contribution in [2.45, 2.75) is 20.0 Å². The van der Waals surface area contributed by atoms with E-state index in [2.05, 4.69) is 10.1 Å². The largest absolute Gasteiger partial charge is 0.481 e. The zero-order valence-electron chi connectivity index (χ0n) is 10.8. The summed E-state index contributed by atoms with van der Waals surface area (Å²) in [6, 6.07) is 5.39. The molecule has 0 bridgehead atoms. The van der Waals surface area contributed by atoms with Crippen molar-refractivity contribution in [3.8, 4) is 5.75 Å². The van der Waals surface area contributed by atoms with Crippen LogP contribution in [0.15, 0.2) is 24.3 Å². The van der Waals surface area contributed by atoms with Crippen molar-refractivity contribution in [1.29, 1.82) is 0 Å². The van der Waals surface area contributed by atoms with E-state index in [9.17, 15) is 18.4 Å². The van der Waals surface area contributed by atoms with Gasteiger partial charge in [-0.1, -0.05) is 13.0 Å². The van der Waals surface area contributed by atoms with E-state index in [0.29, 0.717) is 0 Å². The number of alkyl halides is 2. The second kappa shape index (κ2) is 7.42. The molecule has 7 heteroatoms. The maximum atomic E-state index is 12.0. The summed E-state index contributed by atoms with van der Waals surface area (Å²) in [6.45, 7) is -1.23. The SMILES string of the molecule is CC(CCNC(=O)c1cccc(OC(F)F)c1)C(=O)O. The topological polar surface area (TPSA) is 75.6 Å². The van der Waals surface area contributed by atoms with Gasteiger partial charge >= 0.3 is 12.6 Å². The van der Waals surface area contributed by atoms with Crippen molar-refractivity contribution >= 4 is 11.9 Å². The first-order valence-electron chi connectivity index (χ1n) is 5.96. The molecule has 1 amide bonds. The molecule has 0 aliphatic heterocycles. The monoisotopic (exact) mass is 287 g/mol. The first-order valence-corrected chi connectivity index (χ1v) is 5.96. The summed E-state index contributed by atoms with van der Waals surface area (Å²) < 4.78 is 28.3. The molecule has 0 radical (unpaired) electrons. The molecule has 1 atom stereocenters. The Balaban J connectivity index is 2.53. The fraction of sp³-hybridized carbons (Fsp3) is 0.385. The average Bonchev–Trinajstić information content (AvgIpc) is 2.37. The van der Waals surface area contributed by atoms with Crippen LogP contribution in [0.5, 0.6) is 5.75 Å². The van der Waals surface area contributed by atoms with Gasteiger partial charge in [-0.2, -0.15) is 8.78 Å². The number of aliphatic carboxylic acids is 1. The molecule has 2 N–H and O–H groups in total. The van der Waals surface area contributed by atoms with E-state index in [4.69, 9.17) is 5.11 Å². The van der Waals surface area contributed by atoms with Crippen molar-refractivity contribution < 1.29 is 28.2 Å². The molecular formula is C13H15F2NO4. The normalized spacial score (nSPS) is 12.0. The van der Waals surface area contributed by atoms with Gasteiger partial charge in [0.25, 0.3) is 5.91 Å². The summed E-state index contributed by atoms with van der Waals surface area (Å²) in [5.74, 6) is -2.08. The lowest BCUT2D eigenvalue weighted by molar-refractivity contribution is -0.141. The third kappa shape index (κ3) is 5.21. The molecule has 0 aliphatic rings. The number of ether oxygens (including phenoxy) is 1. The van der Waals surface area contributed by atoms with Gasteiger partial charge in [0, 0.05) is 12.1 Å². The standard InChI is InChI=1S/C13H15F2NO4/c1-8(12(18)19)5-6-16-11(17)9-3-2-4-10(7-9)20-13(14)15/h2-4,7-8,13H,5-6H2,1H3,(H,16,17)(H,18,19). The van der Waals surface area contributed by atoms with Gasteiger partial charge < -0.3 is 15.2 Å². The Hall–Kier alpha value is -2.18. The van der Waals surface area contributed by atoms with Crippen LogP contribution in [0.4, 0.5) is 8.78 Å². The Bertz CT molecular complexity index is 479. The first-order chi connectivity index (χ1) is 9.40. The second-order valence-corrected chi connectivity index (χ2v) is 4.19. The van der Waals surface area contributed by atoms with Gasteiger partial charge in [-0.25, -0.2) is 0 Å². The quantitative estimate of drug-likeness (QED) is 0.805. The molecule has 1 rings (SSSR count). The number of hydrogen-bond acceptors (Lipinski definition) is 3. The van der Waals surface area contributed by atoms with Gasteiger partial charge in [-0.05, 0) is 24.6 Å². The lowest BCUT2D eigenvalue weighted by Crippen LogP contribution is -2.27. The van der Waals surface area contributed by atoms with E-state index >= 15 is 0 Å². The minimum absolute atomic E-state index is 0.105. The third-order valence-corrected chi connectivity index (χ3v) is 2.61. The van der Waals surface area contributed by atoms with Crippen molar-refractivity contribution in [2.24, 2.45) is 5.92 Å². The number of rotatable bonds is 7. The number of hydrogen-bond donors (Lipinski definition) is 2. The zero-order chi connectivity index (χ0) is 15.1. The number of halogens is 2. The molecular weight excluding hydrogens is 272 g/mol. The molecule has 1 aromatic rings. The first kappa shape index (κ1) is 15.9. The number of nitrogens with one attached hydrogen (secondary N) is 1. The van der Waals surface area contributed by atoms with Gasteiger partial charge in [0.15, 0.2) is 0 Å². The highest BCUT2D eigenvalue weighted by Crippen LogP contribution is 2.15. The van der Waals surface area contributed by atoms with Crippen molar-refractivity contribution in [3.05, 3.63) is 29.8 Å². The summed E-state index contributed by atoms with van der Waals surface area (Å²) in [4.78, 5) is 22.3. The summed E-state index contributed by atoms with van der Waals surface area (Å²) in [5, 5.41) is 11.2. The van der Waals surface area contributed by atoms with Crippen molar-refractivity contribution in [2.75, 3.05) is 6.54 Å². The van der Waals surface area contributed by atoms with E-state index < -0.39 is 24.4 Å². The Morgan fingerprint density at radius 3 is 2.70 bits per heavy atom. The minimum atomic E-state index is -2.95. The fourth-order valence-electron chi connectivity index (χ4n) is 1.44. The minimum Gasteiger partial charge on any atom is -0.481 e. The lowest BCUT2D eigenvalue weighted by atomic mass is 10.1. The molecule has 1 unspecified atom stereocenters. The molecule has 0 spiro atoms. The van der Waals surface area contributed by atoms with Crippen LogP contribution in [0.3, 0.4) is 0 Å².